The van der Waals surface area contributed by atoms with Crippen molar-refractivity contribution in [3.63, 3.8) is 0 Å². The van der Waals surface area contributed by atoms with E-state index in [1.165, 1.54) is 12.8 Å². The molecule has 1 atom stereocenters. The maximum Gasteiger partial charge on any atom is 0.253 e. The van der Waals surface area contributed by atoms with Gasteiger partial charge >= 0.3 is 0 Å². The number of primary amides is 1. The number of nitrogens with zero attached hydrogens (tertiary/aromatic N) is 2. The highest BCUT2D eigenvalue weighted by molar-refractivity contribution is 5.83. The molecule has 0 aromatic carbocycles. The molecule has 1 amide bonds. The Morgan fingerprint density at radius 1 is 1.07 bits per heavy atom. The van der Waals surface area contributed by atoms with Crippen LogP contribution >= 0.6 is 0 Å². The number of rotatable bonds is 1. The number of carbonyl (C=O) groups is 1. The molecule has 2 aliphatic rings. The molecule has 86 valence electrons. The lowest BCUT2D eigenvalue weighted by Gasteiger charge is -2.48. The summed E-state index contributed by atoms with van der Waals surface area (Å²) >= 11 is 0. The van der Waals surface area contributed by atoms with Crippen LogP contribution < -0.4 is 11.5 Å². The molecule has 0 spiro atoms. The van der Waals surface area contributed by atoms with Gasteiger partial charge in [-0.05, 0) is 25.7 Å². The summed E-state index contributed by atoms with van der Waals surface area (Å²) in [6.07, 6.45) is 5.13. The fourth-order valence-corrected chi connectivity index (χ4v) is 2.59. The van der Waals surface area contributed by atoms with Crippen LogP contribution in [-0.4, -0.2) is 41.2 Å². The summed E-state index contributed by atoms with van der Waals surface area (Å²) in [5, 5.41) is 4.22. The smallest absolute Gasteiger partial charge is 0.253 e. The van der Waals surface area contributed by atoms with Crippen LogP contribution in [0.5, 0.6) is 0 Å². The van der Waals surface area contributed by atoms with Crippen molar-refractivity contribution in [1.29, 1.82) is 0 Å². The highest BCUT2D eigenvalue weighted by Gasteiger charge is 2.44. The summed E-state index contributed by atoms with van der Waals surface area (Å²) in [5.74, 6) is -0.394. The molecule has 0 saturated carbocycles. The second kappa shape index (κ2) is 4.08. The Bertz CT molecular complexity index is 258. The average Bonchev–Trinajstić information content (AvgIpc) is 2.43. The van der Waals surface area contributed by atoms with Crippen molar-refractivity contribution in [1.82, 2.24) is 10.0 Å². The first-order valence-electron chi connectivity index (χ1n) is 5.76. The lowest BCUT2D eigenvalue weighted by Crippen LogP contribution is -2.71. The molecule has 0 aromatic heterocycles. The number of amides is 1. The predicted molar refractivity (Wildman–Crippen MR) is 57.5 cm³/mol. The van der Waals surface area contributed by atoms with Gasteiger partial charge in [0.25, 0.3) is 5.91 Å². The van der Waals surface area contributed by atoms with Crippen LogP contribution in [0, 0.1) is 0 Å². The average molecular weight is 212 g/mol. The Hall–Kier alpha value is -0.650. The van der Waals surface area contributed by atoms with Crippen LogP contribution in [0.4, 0.5) is 0 Å². The van der Waals surface area contributed by atoms with Crippen molar-refractivity contribution in [2.45, 2.75) is 37.8 Å². The summed E-state index contributed by atoms with van der Waals surface area (Å²) in [4.78, 5) is 11.5. The van der Waals surface area contributed by atoms with Gasteiger partial charge in [0, 0.05) is 19.6 Å². The minimum Gasteiger partial charge on any atom is -0.367 e. The van der Waals surface area contributed by atoms with E-state index in [9.17, 15) is 4.79 Å². The fraction of sp³-hybridized carbons (Fsp3) is 0.900. The van der Waals surface area contributed by atoms with E-state index in [1.54, 1.807) is 0 Å². The van der Waals surface area contributed by atoms with Crippen LogP contribution in [0.15, 0.2) is 0 Å². The van der Waals surface area contributed by atoms with Gasteiger partial charge in [0.15, 0.2) is 5.66 Å². The van der Waals surface area contributed by atoms with E-state index >= 15 is 0 Å². The van der Waals surface area contributed by atoms with Crippen LogP contribution in [0.3, 0.4) is 0 Å². The van der Waals surface area contributed by atoms with Gasteiger partial charge in [-0.1, -0.05) is 6.42 Å². The Kier molecular flexibility index (Phi) is 2.95. The number of carbonyl (C=O) groups excluding carboxylic acids is 1. The van der Waals surface area contributed by atoms with Crippen molar-refractivity contribution in [2.24, 2.45) is 11.5 Å². The molecule has 2 rings (SSSR count). The lowest BCUT2D eigenvalue weighted by atomic mass is 10.00. The second-order valence-electron chi connectivity index (χ2n) is 4.53. The molecule has 2 fully saturated rings. The summed E-state index contributed by atoms with van der Waals surface area (Å²) in [6.45, 7) is 2.87. The molecule has 5 heteroatoms. The van der Waals surface area contributed by atoms with Crippen molar-refractivity contribution < 1.29 is 4.79 Å². The maximum absolute atomic E-state index is 11.5. The van der Waals surface area contributed by atoms with Gasteiger partial charge < -0.3 is 11.5 Å². The highest BCUT2D eigenvalue weighted by atomic mass is 16.2. The molecule has 0 aliphatic carbocycles. The van der Waals surface area contributed by atoms with E-state index < -0.39 is 11.6 Å². The quantitative estimate of drug-likeness (QED) is 0.621. The minimum absolute atomic E-state index is 0.394. The number of nitrogens with two attached hydrogens (primary N) is 2. The van der Waals surface area contributed by atoms with Gasteiger partial charge in [-0.25, -0.2) is 10.0 Å². The molecule has 0 radical (unpaired) electrons. The van der Waals surface area contributed by atoms with Gasteiger partial charge in [0.2, 0.25) is 0 Å². The van der Waals surface area contributed by atoms with Crippen LogP contribution in [0.1, 0.15) is 32.1 Å². The molecule has 2 saturated heterocycles. The van der Waals surface area contributed by atoms with E-state index in [0.29, 0.717) is 6.42 Å². The van der Waals surface area contributed by atoms with Gasteiger partial charge in [-0.2, -0.15) is 0 Å². The normalized spacial score (nSPS) is 34.5. The predicted octanol–water partition coefficient (Wildman–Crippen LogP) is -0.377. The molecule has 1 unspecified atom stereocenters. The van der Waals surface area contributed by atoms with Gasteiger partial charge in [0.1, 0.15) is 0 Å². The third-order valence-corrected chi connectivity index (χ3v) is 3.49. The third-order valence-electron chi connectivity index (χ3n) is 3.49. The topological polar surface area (TPSA) is 75.6 Å². The van der Waals surface area contributed by atoms with Crippen molar-refractivity contribution in [3.05, 3.63) is 0 Å². The Labute approximate surface area is 90.3 Å². The number of fused-ring (bicyclic) bond motifs is 1. The number of hydrazine groups is 1. The first-order chi connectivity index (χ1) is 7.14. The summed E-state index contributed by atoms with van der Waals surface area (Å²) in [7, 11) is 0. The molecule has 15 heavy (non-hydrogen) atoms. The molecule has 2 heterocycles. The molecular formula is C10H20N4O. The summed E-state index contributed by atoms with van der Waals surface area (Å²) in [6, 6.07) is 0. The van der Waals surface area contributed by atoms with Gasteiger partial charge in [-0.3, -0.25) is 4.79 Å². The van der Waals surface area contributed by atoms with Crippen molar-refractivity contribution >= 4 is 5.91 Å². The number of hydrogen-bond donors (Lipinski definition) is 2. The SMILES string of the molecule is NC(=O)C1(N)CCCN2CCCCCN21. The van der Waals surface area contributed by atoms with E-state index in [0.717, 1.165) is 32.5 Å². The second-order valence-corrected chi connectivity index (χ2v) is 4.53. The van der Waals surface area contributed by atoms with Crippen molar-refractivity contribution in [2.75, 3.05) is 19.6 Å². The van der Waals surface area contributed by atoms with Crippen LogP contribution in [0.2, 0.25) is 0 Å². The van der Waals surface area contributed by atoms with E-state index in [1.807, 2.05) is 5.01 Å². The van der Waals surface area contributed by atoms with Gasteiger partial charge in [-0.15, -0.1) is 0 Å². The summed E-state index contributed by atoms with van der Waals surface area (Å²) < 4.78 is 0. The van der Waals surface area contributed by atoms with E-state index in [-0.39, 0.29) is 0 Å². The summed E-state index contributed by atoms with van der Waals surface area (Å²) in [5.41, 5.74) is 10.6. The zero-order valence-corrected chi connectivity index (χ0v) is 9.11. The van der Waals surface area contributed by atoms with Crippen LogP contribution in [-0.2, 0) is 4.79 Å². The molecule has 2 aliphatic heterocycles. The fourth-order valence-electron chi connectivity index (χ4n) is 2.59. The molecule has 4 N–H and O–H groups in total. The number of hydrogen-bond acceptors (Lipinski definition) is 4. The highest BCUT2D eigenvalue weighted by Crippen LogP contribution is 2.27. The first kappa shape index (κ1) is 10.9. The molecular weight excluding hydrogens is 192 g/mol. The molecule has 5 nitrogen and oxygen atoms in total. The molecule has 0 aromatic rings. The van der Waals surface area contributed by atoms with Gasteiger partial charge in [0.05, 0.1) is 0 Å². The minimum atomic E-state index is -0.942. The molecule has 0 bridgehead atoms. The van der Waals surface area contributed by atoms with E-state index in [2.05, 4.69) is 5.01 Å². The monoisotopic (exact) mass is 212 g/mol. The third kappa shape index (κ3) is 1.87. The Morgan fingerprint density at radius 3 is 2.47 bits per heavy atom. The Balaban J connectivity index is 2.20. The maximum atomic E-state index is 11.5. The lowest BCUT2D eigenvalue weighted by molar-refractivity contribution is -0.162. The standard InChI is InChI=1S/C10H20N4O/c11-9(15)10(12)5-4-7-13-6-2-1-3-8-14(10)13/h1-8,12H2,(H2,11,15). The van der Waals surface area contributed by atoms with Crippen LogP contribution in [0.25, 0.3) is 0 Å². The first-order valence-corrected chi connectivity index (χ1v) is 5.76. The zero-order valence-electron chi connectivity index (χ0n) is 9.11. The van der Waals surface area contributed by atoms with E-state index in [4.69, 9.17) is 11.5 Å². The Morgan fingerprint density at radius 2 is 1.73 bits per heavy atom. The zero-order chi connectivity index (χ0) is 10.9. The van der Waals surface area contributed by atoms with Crippen molar-refractivity contribution in [3.8, 4) is 0 Å². The largest absolute Gasteiger partial charge is 0.367 e.